The van der Waals surface area contributed by atoms with Crippen LogP contribution in [0.4, 0.5) is 4.79 Å². The predicted octanol–water partition coefficient (Wildman–Crippen LogP) is 1.36. The van der Waals surface area contributed by atoms with E-state index in [0.29, 0.717) is 6.54 Å². The van der Waals surface area contributed by atoms with E-state index in [-0.39, 0.29) is 6.42 Å². The van der Waals surface area contributed by atoms with Crippen LogP contribution in [0.5, 0.6) is 0 Å². The number of benzene rings is 1. The number of carboxylic acids is 1. The zero-order chi connectivity index (χ0) is 17.5. The van der Waals surface area contributed by atoms with E-state index in [0.717, 1.165) is 11.1 Å². The Labute approximate surface area is 135 Å². The molecule has 0 aromatic heterocycles. The second kappa shape index (κ2) is 8.77. The monoisotopic (exact) mass is 578 g/mol. The Hall–Kier alpha value is -3.57. The number of carbonyl (C=O) groups is 2. The van der Waals surface area contributed by atoms with Crippen molar-refractivity contribution in [2.24, 2.45) is 0 Å². The Bertz CT molecular complexity index is 555. The molecule has 0 aliphatic rings. The first-order valence-electron chi connectivity index (χ1n) is 7.11. The number of amides is 2. The predicted molar refractivity (Wildman–Crippen MR) is 83.5 cm³/mol. The Kier molecular flexibility index (Phi) is 7.47. The molecule has 7 nitrogen and oxygen atoms in total. The van der Waals surface area contributed by atoms with Crippen LogP contribution in [0.1, 0.15) is 31.9 Å². The normalized spacial score (nSPS) is 11.6. The molecule has 1 aromatic rings. The second-order valence-electron chi connectivity index (χ2n) is 6.01. The fourth-order valence-electron chi connectivity index (χ4n) is 1.79. The number of rotatable bonds is 7. The fraction of sp³-hybridized carbons (Fsp3) is 0.438. The molecule has 0 heterocycles. The summed E-state index contributed by atoms with van der Waals surface area (Å²) in [6.07, 6.45) is 1.05. The number of hydrogen-bond acceptors (Lipinski definition) is 4. The van der Waals surface area contributed by atoms with E-state index >= 15 is 0 Å². The minimum absolute atomic E-state index is 0. The third kappa shape index (κ3) is 7.44. The Morgan fingerprint density at radius 3 is 2.21 bits per heavy atom. The topological polar surface area (TPSA) is 105 Å². The van der Waals surface area contributed by atoms with E-state index in [9.17, 15) is 14.4 Å². The minimum Gasteiger partial charge on any atom is -0.520 e. The number of ether oxygens (including phenoxy) is 1. The first-order valence-corrected chi connectivity index (χ1v) is 7.11. The van der Waals surface area contributed by atoms with E-state index in [2.05, 4.69) is 10.6 Å². The molecule has 1 rings (SSSR count). The van der Waals surface area contributed by atoms with Gasteiger partial charge in [-0.2, -0.15) is 6.41 Å². The van der Waals surface area contributed by atoms with Gasteiger partial charge in [0.1, 0.15) is 11.6 Å². The number of nitrogens with one attached hydrogen (secondary N) is 2. The van der Waals surface area contributed by atoms with Gasteiger partial charge in [0.05, 0.1) is 0 Å². The van der Waals surface area contributed by atoms with Crippen LogP contribution in [0.15, 0.2) is 24.3 Å². The van der Waals surface area contributed by atoms with Gasteiger partial charge in [-0.25, -0.2) is 4.79 Å². The van der Waals surface area contributed by atoms with Gasteiger partial charge >= 0.3 is 12.1 Å². The van der Waals surface area contributed by atoms with Gasteiger partial charge < -0.3 is 25.3 Å². The first-order chi connectivity index (χ1) is 10.7. The fourth-order valence-corrected chi connectivity index (χ4v) is 1.79. The van der Waals surface area contributed by atoms with Gasteiger partial charge in [-0.05, 0) is 31.9 Å². The van der Waals surface area contributed by atoms with Crippen molar-refractivity contribution in [1.82, 2.24) is 10.6 Å². The Balaban J connectivity index is 0.00000529. The summed E-state index contributed by atoms with van der Waals surface area (Å²) in [4.78, 5) is 32.8. The summed E-state index contributed by atoms with van der Waals surface area (Å²) in [5, 5.41) is 13.7. The molecule has 2 amide bonds. The summed E-state index contributed by atoms with van der Waals surface area (Å²) in [6, 6.07) is 6.02. The molecule has 1 atom stereocenters. The molecule has 8 heteroatoms. The molecule has 1 aromatic carbocycles. The quantitative estimate of drug-likeness (QED) is 0.335. The number of carbonyl (C=O) groups excluding carboxylic acids is 2. The maximum Gasteiger partial charge on any atom is 0.407 e. The third-order valence-corrected chi connectivity index (χ3v) is 2.83. The van der Waals surface area contributed by atoms with Crippen molar-refractivity contribution >= 4 is 18.5 Å². The van der Waals surface area contributed by atoms with Gasteiger partial charge in [-0.1, -0.05) is 24.3 Å². The van der Waals surface area contributed by atoms with Crippen molar-refractivity contribution in [3.8, 4) is 0 Å². The molecule has 0 fully saturated rings. The molecule has 138 valence electrons. The molecule has 24 heavy (non-hydrogen) atoms. The van der Waals surface area contributed by atoms with Gasteiger partial charge in [0.15, 0.2) is 0 Å². The van der Waals surface area contributed by atoms with E-state index in [1.807, 2.05) is 0 Å². The van der Waals surface area contributed by atoms with Crippen LogP contribution in [0.25, 0.3) is 0 Å². The molecule has 3 N–H and O–H groups in total. The molecule has 0 saturated carbocycles. The van der Waals surface area contributed by atoms with Crippen molar-refractivity contribution in [1.29, 1.82) is 0 Å². The Morgan fingerprint density at radius 2 is 1.75 bits per heavy atom. The maximum atomic E-state index is 11.5. The van der Waals surface area contributed by atoms with Crippen LogP contribution in [0.2, 0.25) is 0 Å². The molecule has 0 spiro atoms. The van der Waals surface area contributed by atoms with E-state index < -0.39 is 23.7 Å². The van der Waals surface area contributed by atoms with Gasteiger partial charge in [0.25, 0.3) is 0 Å². The summed E-state index contributed by atoms with van der Waals surface area (Å²) in [6.45, 7) is 5.65. The molecule has 0 radical (unpaired) electrons. The van der Waals surface area contributed by atoms with Crippen molar-refractivity contribution in [3.63, 3.8) is 0 Å². The molecule has 0 saturated heterocycles. The molecular weight excluding hydrogens is 557 g/mol. The summed E-state index contributed by atoms with van der Waals surface area (Å²) in [5.74, 6) is -1.12. The average Bonchev–Trinajstić information content (AvgIpc) is 2.44. The average molecular weight is 578 g/mol. The van der Waals surface area contributed by atoms with Crippen molar-refractivity contribution in [2.45, 2.75) is 45.4 Å². The number of aliphatic carboxylic acids is 1. The van der Waals surface area contributed by atoms with Crippen LogP contribution >= 0.6 is 0 Å². The number of carboxylic acid groups (broad SMARTS) is 1. The van der Waals surface area contributed by atoms with E-state index in [1.165, 1.54) is 6.41 Å². The number of alkyl carbamates (subject to hydrolysis) is 1. The van der Waals surface area contributed by atoms with E-state index in [4.69, 9.17) is 9.84 Å². The largest absolute Gasteiger partial charge is 0.520 e. The Morgan fingerprint density at radius 1 is 1.21 bits per heavy atom. The van der Waals surface area contributed by atoms with Gasteiger partial charge in [-0.15, -0.1) is 0 Å². The van der Waals surface area contributed by atoms with Crippen molar-refractivity contribution in [2.75, 3.05) is 0 Å². The summed E-state index contributed by atoms with van der Waals surface area (Å²) < 4.78 is 5.13. The zero-order valence-corrected chi connectivity index (χ0v) is 16.1. The van der Waals surface area contributed by atoms with Gasteiger partial charge in [0, 0.05) is 13.0 Å². The van der Waals surface area contributed by atoms with Crippen LogP contribution in [-0.4, -0.2) is 35.2 Å². The van der Waals surface area contributed by atoms with Crippen LogP contribution in [-0.2, 0) is 27.3 Å². The van der Waals surface area contributed by atoms with Gasteiger partial charge in [-0.3, -0.25) is 4.79 Å². The second-order valence-corrected chi connectivity index (χ2v) is 6.01. The third-order valence-electron chi connectivity index (χ3n) is 2.83. The van der Waals surface area contributed by atoms with Gasteiger partial charge in [0.2, 0.25) is 0 Å². The molecular formula is C16H21FmN2O5-. The van der Waals surface area contributed by atoms with Crippen LogP contribution < -0.4 is 10.6 Å². The molecule has 0 aliphatic carbocycles. The summed E-state index contributed by atoms with van der Waals surface area (Å²) >= 11 is 0. The van der Waals surface area contributed by atoms with Crippen LogP contribution in [0.3, 0.4) is 0 Å². The van der Waals surface area contributed by atoms with Crippen molar-refractivity contribution in [3.05, 3.63) is 35.4 Å². The minimum atomic E-state index is -1.12. The summed E-state index contributed by atoms with van der Waals surface area (Å²) in [7, 11) is 0. The summed E-state index contributed by atoms with van der Waals surface area (Å²) in [5.41, 5.74) is 1.05. The molecule has 1 unspecified atom stereocenters. The van der Waals surface area contributed by atoms with E-state index in [1.54, 1.807) is 45.0 Å². The zero-order valence-electron chi connectivity index (χ0n) is 13.7. The molecule has 0 aliphatic heterocycles. The van der Waals surface area contributed by atoms with Crippen LogP contribution in [0, 0.1) is 0 Å². The maximum absolute atomic E-state index is 11.5. The smallest absolute Gasteiger partial charge is 0.407 e. The van der Waals surface area contributed by atoms with Crippen molar-refractivity contribution < 1.29 is 24.2 Å². The standard InChI is InChI=1S/C16H21N2O5.Fm/c1-16(2,3)23-15(22)17-9-12-6-4-11(5-7-12)8-13(14(20)21)18-10-19;/h4-7,13H,8-9H2,1-3H3,(H,17,22)(H,18,19)(H,20,21);/q-1;. The number of hydrogen-bond donors (Lipinski definition) is 3. The molecule has 0 bridgehead atoms. The SMILES string of the molecule is CC(C)(C)OC(=O)NCc1ccc(CC(N[C-]=O)C(=O)O)cc1.[Fm]. The first kappa shape index (κ1) is 20.4.